The van der Waals surface area contributed by atoms with Crippen molar-refractivity contribution in [1.82, 2.24) is 10.1 Å². The maximum atomic E-state index is 11.0. The fourth-order valence-corrected chi connectivity index (χ4v) is 1.37. The maximum Gasteiger partial charge on any atom is 0.236 e. The normalized spacial score (nSPS) is 12.8. The Kier molecular flexibility index (Phi) is 4.13. The molecule has 4 nitrogen and oxygen atoms in total. The Morgan fingerprint density at radius 2 is 2.36 bits per heavy atom. The summed E-state index contributed by atoms with van der Waals surface area (Å²) >= 11 is 1.72. The lowest BCUT2D eigenvalue weighted by molar-refractivity contribution is -0.118. The van der Waals surface area contributed by atoms with Crippen LogP contribution in [0.2, 0.25) is 0 Å². The molecule has 1 aromatic heterocycles. The third-order valence-electron chi connectivity index (χ3n) is 1.90. The number of carbonyl (C=O) groups excluding carboxylic acids is 1. The molecule has 5 heteroatoms. The Hall–Kier alpha value is -0.840. The molecule has 1 rings (SSSR count). The van der Waals surface area contributed by atoms with E-state index < -0.39 is 0 Å². The van der Waals surface area contributed by atoms with Crippen molar-refractivity contribution in [3.8, 4) is 0 Å². The van der Waals surface area contributed by atoms with Gasteiger partial charge in [-0.3, -0.25) is 4.79 Å². The lowest BCUT2D eigenvalue weighted by atomic mass is 10.1. The molecule has 0 bridgehead atoms. The van der Waals surface area contributed by atoms with Gasteiger partial charge in [0.1, 0.15) is 5.78 Å². The fourth-order valence-electron chi connectivity index (χ4n) is 0.869. The van der Waals surface area contributed by atoms with E-state index in [9.17, 15) is 4.79 Å². The zero-order valence-electron chi connectivity index (χ0n) is 8.61. The van der Waals surface area contributed by atoms with Crippen molar-refractivity contribution in [3.05, 3.63) is 11.7 Å². The van der Waals surface area contributed by atoms with E-state index in [1.807, 2.05) is 0 Å². The predicted octanol–water partition coefficient (Wildman–Crippen LogP) is 2.02. The van der Waals surface area contributed by atoms with Gasteiger partial charge < -0.3 is 4.52 Å². The van der Waals surface area contributed by atoms with Gasteiger partial charge in [-0.25, -0.2) is 0 Å². The second-order valence-electron chi connectivity index (χ2n) is 3.02. The van der Waals surface area contributed by atoms with Crippen LogP contribution in [0.3, 0.4) is 0 Å². The summed E-state index contributed by atoms with van der Waals surface area (Å²) in [5.41, 5.74) is 0. The third kappa shape index (κ3) is 2.83. The van der Waals surface area contributed by atoms with Crippen LogP contribution in [0.4, 0.5) is 0 Å². The van der Waals surface area contributed by atoms with Gasteiger partial charge in [-0.05, 0) is 19.6 Å². The highest BCUT2D eigenvalue weighted by atomic mass is 32.2. The van der Waals surface area contributed by atoms with E-state index in [4.69, 9.17) is 4.52 Å². The van der Waals surface area contributed by atoms with Crippen LogP contribution < -0.4 is 0 Å². The summed E-state index contributed by atoms with van der Waals surface area (Å²) in [6.45, 7) is 5.37. The summed E-state index contributed by atoms with van der Waals surface area (Å²) in [7, 11) is 0. The van der Waals surface area contributed by atoms with Crippen LogP contribution in [0.1, 0.15) is 38.4 Å². The van der Waals surface area contributed by atoms with Crippen molar-refractivity contribution < 1.29 is 9.32 Å². The highest BCUT2D eigenvalue weighted by Crippen LogP contribution is 2.15. The van der Waals surface area contributed by atoms with E-state index in [0.29, 0.717) is 11.7 Å². The van der Waals surface area contributed by atoms with Crippen LogP contribution in [0.5, 0.6) is 0 Å². The first-order valence-corrected chi connectivity index (χ1v) is 5.71. The first kappa shape index (κ1) is 11.2. The number of carbonyl (C=O) groups is 1. The van der Waals surface area contributed by atoms with E-state index in [2.05, 4.69) is 17.1 Å². The van der Waals surface area contributed by atoms with E-state index in [0.717, 1.165) is 11.5 Å². The van der Waals surface area contributed by atoms with Gasteiger partial charge in [0.05, 0.1) is 11.7 Å². The fraction of sp³-hybridized carbons (Fsp3) is 0.667. The number of nitrogens with zero attached hydrogens (tertiary/aromatic N) is 2. The molecule has 1 heterocycles. The lowest BCUT2D eigenvalue weighted by Gasteiger charge is -1.97. The average molecular weight is 214 g/mol. The van der Waals surface area contributed by atoms with Crippen LogP contribution in [-0.2, 0) is 10.5 Å². The number of thioether (sulfide) groups is 1. The number of hydrogen-bond acceptors (Lipinski definition) is 5. The van der Waals surface area contributed by atoms with Crippen molar-refractivity contribution in [2.75, 3.05) is 5.75 Å². The van der Waals surface area contributed by atoms with Crippen LogP contribution in [-0.4, -0.2) is 21.7 Å². The smallest absolute Gasteiger partial charge is 0.236 e. The molecule has 1 unspecified atom stereocenters. The van der Waals surface area contributed by atoms with Crippen LogP contribution in [0.15, 0.2) is 4.52 Å². The quantitative estimate of drug-likeness (QED) is 0.750. The Morgan fingerprint density at radius 3 is 2.93 bits per heavy atom. The minimum absolute atomic E-state index is 0.0448. The largest absolute Gasteiger partial charge is 0.339 e. The standard InChI is InChI=1S/C9H14N2O2S/c1-4-14-5-8-10-9(13-11-8)6(2)7(3)12/h6H,4-5H2,1-3H3. The molecule has 0 aliphatic rings. The molecule has 0 N–H and O–H groups in total. The molecular weight excluding hydrogens is 200 g/mol. The molecule has 0 saturated carbocycles. The Labute approximate surface area is 87.5 Å². The first-order valence-electron chi connectivity index (χ1n) is 4.55. The molecule has 0 aliphatic heterocycles. The Balaban J connectivity index is 2.63. The summed E-state index contributed by atoms with van der Waals surface area (Å²) in [6, 6.07) is 0. The minimum Gasteiger partial charge on any atom is -0.339 e. The van der Waals surface area contributed by atoms with Gasteiger partial charge in [0, 0.05) is 0 Å². The molecule has 0 radical (unpaired) electrons. The summed E-state index contributed by atoms with van der Waals surface area (Å²) in [6.07, 6.45) is 0. The second kappa shape index (κ2) is 5.14. The van der Waals surface area contributed by atoms with E-state index in [1.54, 1.807) is 18.7 Å². The molecule has 0 amide bonds. The Bertz CT molecular complexity index is 312. The van der Waals surface area contributed by atoms with Gasteiger partial charge >= 0.3 is 0 Å². The summed E-state index contributed by atoms with van der Waals surface area (Å²) in [4.78, 5) is 15.2. The number of rotatable bonds is 5. The molecule has 14 heavy (non-hydrogen) atoms. The van der Waals surface area contributed by atoms with Crippen molar-refractivity contribution in [1.29, 1.82) is 0 Å². The van der Waals surface area contributed by atoms with E-state index >= 15 is 0 Å². The molecule has 1 aromatic rings. The van der Waals surface area contributed by atoms with Crippen LogP contribution >= 0.6 is 11.8 Å². The molecule has 0 aliphatic carbocycles. The highest BCUT2D eigenvalue weighted by molar-refractivity contribution is 7.98. The van der Waals surface area contributed by atoms with E-state index in [1.165, 1.54) is 6.92 Å². The lowest BCUT2D eigenvalue weighted by Crippen LogP contribution is -2.04. The number of ketones is 1. The molecule has 78 valence electrons. The van der Waals surface area contributed by atoms with Crippen molar-refractivity contribution in [3.63, 3.8) is 0 Å². The molecule has 0 fully saturated rings. The van der Waals surface area contributed by atoms with Crippen molar-refractivity contribution >= 4 is 17.5 Å². The van der Waals surface area contributed by atoms with Gasteiger partial charge in [0.15, 0.2) is 5.82 Å². The first-order chi connectivity index (χ1) is 6.65. The number of Topliss-reactive ketones (excluding diaryl/α,β-unsaturated/α-hetero) is 1. The van der Waals surface area contributed by atoms with Gasteiger partial charge in [-0.15, -0.1) is 0 Å². The summed E-state index contributed by atoms with van der Waals surface area (Å²) < 4.78 is 4.99. The average Bonchev–Trinajstić information content (AvgIpc) is 2.61. The monoisotopic (exact) mass is 214 g/mol. The van der Waals surface area contributed by atoms with Gasteiger partial charge in [0.2, 0.25) is 5.89 Å². The minimum atomic E-state index is -0.289. The van der Waals surface area contributed by atoms with Gasteiger partial charge in [-0.2, -0.15) is 16.7 Å². The Morgan fingerprint density at radius 1 is 1.64 bits per heavy atom. The molecule has 0 saturated heterocycles. The van der Waals surface area contributed by atoms with Crippen LogP contribution in [0.25, 0.3) is 0 Å². The third-order valence-corrected chi connectivity index (χ3v) is 2.77. The highest BCUT2D eigenvalue weighted by Gasteiger charge is 2.17. The van der Waals surface area contributed by atoms with Crippen molar-refractivity contribution in [2.24, 2.45) is 0 Å². The molecule has 0 spiro atoms. The molecule has 1 atom stereocenters. The zero-order chi connectivity index (χ0) is 10.6. The van der Waals surface area contributed by atoms with Gasteiger partial charge in [0.25, 0.3) is 0 Å². The topological polar surface area (TPSA) is 56.0 Å². The van der Waals surface area contributed by atoms with Crippen molar-refractivity contribution in [2.45, 2.75) is 32.4 Å². The molecule has 0 aromatic carbocycles. The van der Waals surface area contributed by atoms with Gasteiger partial charge in [-0.1, -0.05) is 12.1 Å². The summed E-state index contributed by atoms with van der Waals surface area (Å²) in [5.74, 6) is 2.60. The summed E-state index contributed by atoms with van der Waals surface area (Å²) in [5, 5.41) is 3.80. The van der Waals surface area contributed by atoms with E-state index in [-0.39, 0.29) is 11.7 Å². The predicted molar refractivity (Wildman–Crippen MR) is 55.2 cm³/mol. The SMILES string of the molecule is CCSCc1noc(C(C)C(C)=O)n1. The second-order valence-corrected chi connectivity index (χ2v) is 4.29. The number of aromatic nitrogens is 2. The maximum absolute atomic E-state index is 11.0. The van der Waals surface area contributed by atoms with Crippen LogP contribution in [0, 0.1) is 0 Å². The zero-order valence-corrected chi connectivity index (χ0v) is 9.43. The molecular formula is C9H14N2O2S. The number of hydrogen-bond donors (Lipinski definition) is 0.